The van der Waals surface area contributed by atoms with Crippen molar-refractivity contribution >= 4 is 6.09 Å². The second-order valence-electron chi connectivity index (χ2n) is 3.50. The first kappa shape index (κ1) is 11.2. The lowest BCUT2D eigenvalue weighted by Crippen LogP contribution is -2.38. The highest BCUT2D eigenvalue weighted by molar-refractivity contribution is 5.76. The largest absolute Gasteiger partial charge is 0.464 e. The maximum atomic E-state index is 11.0. The molecule has 0 saturated heterocycles. The lowest BCUT2D eigenvalue weighted by molar-refractivity contribution is 0.195. The standard InChI is InChI=1S/C12H13N3O2/c1-2-15(12(16)17)14-8-11(13-9-14)10-6-4-3-5-7-10/h3-9H,2H2,1H3,(H,16,17). The Bertz CT molecular complexity index is 507. The number of carboxylic acid groups (broad SMARTS) is 1. The molecule has 0 aliphatic heterocycles. The van der Waals surface area contributed by atoms with E-state index in [0.29, 0.717) is 6.54 Å². The molecule has 0 saturated carbocycles. The number of amides is 1. The zero-order chi connectivity index (χ0) is 12.3. The first-order valence-corrected chi connectivity index (χ1v) is 5.32. The van der Waals surface area contributed by atoms with Gasteiger partial charge in [-0.3, -0.25) is 0 Å². The van der Waals surface area contributed by atoms with Gasteiger partial charge in [0.2, 0.25) is 0 Å². The molecule has 0 atom stereocenters. The zero-order valence-electron chi connectivity index (χ0n) is 9.45. The van der Waals surface area contributed by atoms with Crippen LogP contribution < -0.4 is 5.01 Å². The Balaban J connectivity index is 2.30. The minimum Gasteiger partial charge on any atom is -0.464 e. The summed E-state index contributed by atoms with van der Waals surface area (Å²) < 4.78 is 1.48. The van der Waals surface area contributed by atoms with Crippen LogP contribution in [-0.2, 0) is 0 Å². The molecule has 0 spiro atoms. The summed E-state index contributed by atoms with van der Waals surface area (Å²) >= 11 is 0. The Morgan fingerprint density at radius 2 is 2.12 bits per heavy atom. The van der Waals surface area contributed by atoms with E-state index in [0.717, 1.165) is 11.3 Å². The molecule has 1 aromatic heterocycles. The van der Waals surface area contributed by atoms with Crippen molar-refractivity contribution in [2.24, 2.45) is 0 Å². The summed E-state index contributed by atoms with van der Waals surface area (Å²) in [7, 11) is 0. The molecule has 0 aliphatic rings. The van der Waals surface area contributed by atoms with Crippen molar-refractivity contribution in [2.45, 2.75) is 6.92 Å². The Hall–Kier alpha value is -2.30. The normalized spacial score (nSPS) is 10.2. The third kappa shape index (κ3) is 2.28. The van der Waals surface area contributed by atoms with Crippen LogP contribution in [-0.4, -0.2) is 27.4 Å². The molecule has 0 bridgehead atoms. The smallest absolute Gasteiger partial charge is 0.426 e. The number of nitrogens with zero attached hydrogens (tertiary/aromatic N) is 3. The number of benzene rings is 1. The van der Waals surface area contributed by atoms with Gasteiger partial charge in [-0.1, -0.05) is 30.3 Å². The Morgan fingerprint density at radius 3 is 2.71 bits per heavy atom. The second-order valence-corrected chi connectivity index (χ2v) is 3.50. The summed E-state index contributed by atoms with van der Waals surface area (Å²) in [5, 5.41) is 10.2. The van der Waals surface area contributed by atoms with E-state index in [1.807, 2.05) is 30.3 Å². The Kier molecular flexibility index (Phi) is 3.09. The van der Waals surface area contributed by atoms with Crippen molar-refractivity contribution < 1.29 is 9.90 Å². The van der Waals surface area contributed by atoms with Crippen LogP contribution in [0.2, 0.25) is 0 Å². The van der Waals surface area contributed by atoms with E-state index in [1.54, 1.807) is 13.1 Å². The van der Waals surface area contributed by atoms with Crippen molar-refractivity contribution in [2.75, 3.05) is 11.6 Å². The van der Waals surface area contributed by atoms with E-state index in [2.05, 4.69) is 4.98 Å². The number of imidazole rings is 1. The lowest BCUT2D eigenvalue weighted by Gasteiger charge is -2.16. The van der Waals surface area contributed by atoms with E-state index in [-0.39, 0.29) is 0 Å². The van der Waals surface area contributed by atoms with E-state index in [4.69, 9.17) is 5.11 Å². The molecule has 0 fully saturated rings. The van der Waals surface area contributed by atoms with Gasteiger partial charge in [0.25, 0.3) is 0 Å². The minimum absolute atomic E-state index is 0.375. The van der Waals surface area contributed by atoms with Gasteiger partial charge in [-0.2, -0.15) is 0 Å². The van der Waals surface area contributed by atoms with Gasteiger partial charge in [0.1, 0.15) is 6.33 Å². The fourth-order valence-corrected chi connectivity index (χ4v) is 1.60. The molecule has 0 unspecified atom stereocenters. The van der Waals surface area contributed by atoms with E-state index < -0.39 is 6.09 Å². The number of rotatable bonds is 3. The van der Waals surface area contributed by atoms with Gasteiger partial charge < -0.3 is 5.11 Å². The van der Waals surface area contributed by atoms with Crippen LogP contribution in [0.5, 0.6) is 0 Å². The maximum Gasteiger partial charge on any atom is 0.426 e. The van der Waals surface area contributed by atoms with Crippen molar-refractivity contribution in [3.05, 3.63) is 42.9 Å². The van der Waals surface area contributed by atoms with Gasteiger partial charge in [0, 0.05) is 12.1 Å². The molecule has 1 aromatic carbocycles. The third-order valence-corrected chi connectivity index (χ3v) is 2.44. The van der Waals surface area contributed by atoms with Crippen molar-refractivity contribution in [1.82, 2.24) is 9.66 Å². The minimum atomic E-state index is -0.996. The fraction of sp³-hybridized carbons (Fsp3) is 0.167. The van der Waals surface area contributed by atoms with Crippen molar-refractivity contribution in [3.63, 3.8) is 0 Å². The average Bonchev–Trinajstić information content (AvgIpc) is 2.80. The Labute approximate surface area is 98.9 Å². The number of hydrogen-bond donors (Lipinski definition) is 1. The molecule has 5 nitrogen and oxygen atoms in total. The van der Waals surface area contributed by atoms with Crippen LogP contribution in [0.25, 0.3) is 11.3 Å². The van der Waals surface area contributed by atoms with Crippen molar-refractivity contribution in [3.8, 4) is 11.3 Å². The molecule has 2 rings (SSSR count). The topological polar surface area (TPSA) is 58.4 Å². The number of aromatic nitrogens is 2. The molecular weight excluding hydrogens is 218 g/mol. The van der Waals surface area contributed by atoms with Gasteiger partial charge >= 0.3 is 6.09 Å². The van der Waals surface area contributed by atoms with Gasteiger partial charge in [-0.05, 0) is 6.92 Å². The summed E-state index contributed by atoms with van der Waals surface area (Å²) in [6.07, 6.45) is 2.21. The highest BCUT2D eigenvalue weighted by atomic mass is 16.4. The maximum absolute atomic E-state index is 11.0. The summed E-state index contributed by atoms with van der Waals surface area (Å²) in [6.45, 7) is 2.15. The predicted molar refractivity (Wildman–Crippen MR) is 64.4 cm³/mol. The first-order chi connectivity index (χ1) is 8.22. The summed E-state index contributed by atoms with van der Waals surface area (Å²) in [5.41, 5.74) is 1.72. The van der Waals surface area contributed by atoms with Gasteiger partial charge in [0.05, 0.1) is 11.9 Å². The molecule has 0 radical (unpaired) electrons. The second kappa shape index (κ2) is 4.69. The highest BCUT2D eigenvalue weighted by Gasteiger charge is 2.12. The number of carbonyl (C=O) groups is 1. The molecule has 2 aromatic rings. The van der Waals surface area contributed by atoms with Crippen LogP contribution in [0.4, 0.5) is 4.79 Å². The molecular formula is C12H13N3O2. The lowest BCUT2D eigenvalue weighted by atomic mass is 10.2. The fourth-order valence-electron chi connectivity index (χ4n) is 1.60. The predicted octanol–water partition coefficient (Wildman–Crippen LogP) is 2.19. The number of hydrogen-bond acceptors (Lipinski definition) is 2. The van der Waals surface area contributed by atoms with Crippen LogP contribution in [0.3, 0.4) is 0 Å². The third-order valence-electron chi connectivity index (χ3n) is 2.44. The molecule has 1 heterocycles. The van der Waals surface area contributed by atoms with E-state index in [1.165, 1.54) is 16.0 Å². The monoisotopic (exact) mass is 231 g/mol. The van der Waals surface area contributed by atoms with Gasteiger partial charge in [-0.25, -0.2) is 19.5 Å². The average molecular weight is 231 g/mol. The molecule has 1 amide bonds. The van der Waals surface area contributed by atoms with Crippen LogP contribution in [0.1, 0.15) is 6.92 Å². The van der Waals surface area contributed by atoms with Crippen LogP contribution in [0, 0.1) is 0 Å². The Morgan fingerprint density at radius 1 is 1.41 bits per heavy atom. The molecule has 17 heavy (non-hydrogen) atoms. The SMILES string of the molecule is CCN(C(=O)O)n1cnc(-c2ccccc2)c1. The summed E-state index contributed by atoms with van der Waals surface area (Å²) in [5.74, 6) is 0. The van der Waals surface area contributed by atoms with Crippen molar-refractivity contribution in [1.29, 1.82) is 0 Å². The highest BCUT2D eigenvalue weighted by Crippen LogP contribution is 2.15. The molecule has 88 valence electrons. The van der Waals surface area contributed by atoms with Crippen LogP contribution >= 0.6 is 0 Å². The van der Waals surface area contributed by atoms with Gasteiger partial charge in [0.15, 0.2) is 0 Å². The summed E-state index contributed by atoms with van der Waals surface area (Å²) in [6, 6.07) is 9.63. The molecule has 5 heteroatoms. The summed E-state index contributed by atoms with van der Waals surface area (Å²) in [4.78, 5) is 15.1. The zero-order valence-corrected chi connectivity index (χ0v) is 9.45. The molecule has 0 aliphatic carbocycles. The quantitative estimate of drug-likeness (QED) is 0.880. The van der Waals surface area contributed by atoms with Crippen LogP contribution in [0.15, 0.2) is 42.9 Å². The van der Waals surface area contributed by atoms with E-state index in [9.17, 15) is 4.79 Å². The first-order valence-electron chi connectivity index (χ1n) is 5.32. The molecule has 1 N–H and O–H groups in total. The van der Waals surface area contributed by atoms with Gasteiger partial charge in [-0.15, -0.1) is 0 Å². The van der Waals surface area contributed by atoms with E-state index >= 15 is 0 Å².